The molecule has 3 aromatic rings. The highest BCUT2D eigenvalue weighted by atomic mass is 35.5. The number of nitrogens with one attached hydrogen (secondary N) is 2. The Morgan fingerprint density at radius 3 is 2.68 bits per heavy atom. The predicted molar refractivity (Wildman–Crippen MR) is 133 cm³/mol. The molecule has 0 aliphatic carbocycles. The molecule has 0 saturated carbocycles. The van der Waals surface area contributed by atoms with Crippen molar-refractivity contribution in [2.75, 3.05) is 22.7 Å². The van der Waals surface area contributed by atoms with E-state index in [1.165, 1.54) is 18.3 Å². The average molecular weight is 525 g/mol. The van der Waals surface area contributed by atoms with Crippen molar-refractivity contribution in [3.63, 3.8) is 0 Å². The van der Waals surface area contributed by atoms with E-state index >= 15 is 0 Å². The number of aromatic nitrogens is 1. The Morgan fingerprint density at radius 2 is 2.00 bits per heavy atom. The van der Waals surface area contributed by atoms with Gasteiger partial charge in [-0.3, -0.25) is 14.7 Å². The normalized spacial score (nSPS) is 15.1. The maximum absolute atomic E-state index is 13.2. The Hall–Kier alpha value is -2.44. The largest absolute Gasteiger partial charge is 0.375 e. The molecular formula is C22H25ClN4O5S2. The summed E-state index contributed by atoms with van der Waals surface area (Å²) >= 11 is 7.22. The number of benzene rings is 1. The first-order valence-electron chi connectivity index (χ1n) is 10.7. The van der Waals surface area contributed by atoms with E-state index in [2.05, 4.69) is 9.71 Å². The van der Waals surface area contributed by atoms with Crippen LogP contribution >= 0.6 is 22.9 Å². The minimum atomic E-state index is -3.97. The highest BCUT2D eigenvalue weighted by Gasteiger charge is 2.25. The van der Waals surface area contributed by atoms with Crippen LogP contribution in [0.5, 0.6) is 0 Å². The zero-order valence-electron chi connectivity index (χ0n) is 18.6. The summed E-state index contributed by atoms with van der Waals surface area (Å²) in [7, 11) is -3.97. The minimum Gasteiger partial charge on any atom is -0.375 e. The number of pyridine rings is 1. The van der Waals surface area contributed by atoms with Crippen molar-refractivity contribution in [3.05, 3.63) is 46.4 Å². The summed E-state index contributed by atoms with van der Waals surface area (Å²) in [5, 5.41) is 9.85. The van der Waals surface area contributed by atoms with E-state index in [0.717, 1.165) is 24.2 Å². The molecule has 1 aliphatic rings. The number of carbonyl (C=O) groups is 1. The lowest BCUT2D eigenvalue weighted by Gasteiger charge is -2.34. The number of hydroxylamine groups is 1. The molecule has 2 aromatic heterocycles. The van der Waals surface area contributed by atoms with Gasteiger partial charge in [0.15, 0.2) is 5.82 Å². The number of anilines is 2. The third kappa shape index (κ3) is 5.44. The Kier molecular flexibility index (Phi) is 7.29. The van der Waals surface area contributed by atoms with E-state index in [4.69, 9.17) is 21.5 Å². The molecule has 9 nitrogen and oxygen atoms in total. The first-order chi connectivity index (χ1) is 16.2. The monoisotopic (exact) mass is 524 g/mol. The number of rotatable bonds is 7. The van der Waals surface area contributed by atoms with Crippen LogP contribution in [0.2, 0.25) is 5.02 Å². The van der Waals surface area contributed by atoms with Gasteiger partial charge in [0, 0.05) is 24.0 Å². The van der Waals surface area contributed by atoms with E-state index in [9.17, 15) is 13.2 Å². The number of amides is 1. The molecule has 3 heterocycles. The second-order valence-corrected chi connectivity index (χ2v) is 11.5. The molecule has 4 rings (SSSR count). The molecule has 1 saturated heterocycles. The lowest BCUT2D eigenvalue weighted by atomic mass is 10.1. The molecule has 1 aromatic carbocycles. The van der Waals surface area contributed by atoms with Crippen LogP contribution in [0.4, 0.5) is 11.5 Å². The molecular weight excluding hydrogens is 500 g/mol. The van der Waals surface area contributed by atoms with Gasteiger partial charge in [-0.05, 0) is 56.3 Å². The number of sulfonamides is 1. The van der Waals surface area contributed by atoms with Gasteiger partial charge in [-0.2, -0.15) is 0 Å². The number of fused-ring (bicyclic) bond motifs is 1. The summed E-state index contributed by atoms with van der Waals surface area (Å²) in [4.78, 5) is 18.4. The SMILES string of the molecule is CC(C)OC1CCN(c2ncc(Cl)cc2NS(=O)(=O)c2ccc3cc(C(=O)NO)sc3c2)CC1. The second-order valence-electron chi connectivity index (χ2n) is 8.25. The molecule has 12 heteroatoms. The molecule has 3 N–H and O–H groups in total. The topological polar surface area (TPSA) is 121 Å². The number of piperidine rings is 1. The maximum atomic E-state index is 13.2. The van der Waals surface area contributed by atoms with E-state index in [1.54, 1.807) is 23.7 Å². The number of carbonyl (C=O) groups excluding carboxylic acids is 1. The van der Waals surface area contributed by atoms with Gasteiger partial charge in [-0.25, -0.2) is 18.9 Å². The van der Waals surface area contributed by atoms with Gasteiger partial charge in [-0.1, -0.05) is 17.7 Å². The Bertz CT molecular complexity index is 1300. The van der Waals surface area contributed by atoms with Crippen LogP contribution in [0.1, 0.15) is 36.4 Å². The van der Waals surface area contributed by atoms with Crippen LogP contribution in [-0.4, -0.2) is 49.8 Å². The lowest BCUT2D eigenvalue weighted by Crippen LogP contribution is -2.38. The maximum Gasteiger partial charge on any atom is 0.284 e. The number of nitrogens with zero attached hydrogens (tertiary/aromatic N) is 2. The summed E-state index contributed by atoms with van der Waals surface area (Å²) in [5.41, 5.74) is 1.88. The van der Waals surface area contributed by atoms with Gasteiger partial charge in [-0.15, -0.1) is 11.3 Å². The van der Waals surface area contributed by atoms with Gasteiger partial charge in [0.25, 0.3) is 15.9 Å². The third-order valence-electron chi connectivity index (χ3n) is 5.41. The Morgan fingerprint density at radius 1 is 1.26 bits per heavy atom. The van der Waals surface area contributed by atoms with E-state index < -0.39 is 15.9 Å². The van der Waals surface area contributed by atoms with Gasteiger partial charge < -0.3 is 9.64 Å². The van der Waals surface area contributed by atoms with Crippen molar-refractivity contribution in [3.8, 4) is 0 Å². The fourth-order valence-electron chi connectivity index (χ4n) is 3.90. The van der Waals surface area contributed by atoms with Gasteiger partial charge >= 0.3 is 0 Å². The number of thiophene rings is 1. The molecule has 182 valence electrons. The molecule has 34 heavy (non-hydrogen) atoms. The van der Waals surface area contributed by atoms with E-state index in [0.29, 0.717) is 39.7 Å². The van der Waals surface area contributed by atoms with Gasteiger partial charge in [0.05, 0.1) is 32.7 Å². The summed E-state index contributed by atoms with van der Waals surface area (Å²) in [6.45, 7) is 5.38. The standard InChI is InChI=1S/C22H25ClN4O5S2/c1-13(2)32-16-5-7-27(8-6-16)21-18(10-15(23)12-24-21)26-34(30,31)17-4-3-14-9-20(22(28)25-29)33-19(14)11-17/h3-4,9-13,16,26,29H,5-8H2,1-2H3,(H,25,28). The summed E-state index contributed by atoms with van der Waals surface area (Å²) < 4.78 is 35.6. The predicted octanol–water partition coefficient (Wildman–Crippen LogP) is 4.26. The van der Waals surface area contributed by atoms with Crippen molar-refractivity contribution in [1.82, 2.24) is 10.5 Å². The number of ether oxygens (including phenoxy) is 1. The molecule has 0 atom stereocenters. The van der Waals surface area contributed by atoms with Crippen LogP contribution in [0.15, 0.2) is 41.4 Å². The molecule has 1 aliphatic heterocycles. The van der Waals surface area contributed by atoms with Crippen molar-refractivity contribution >= 4 is 60.5 Å². The van der Waals surface area contributed by atoms with Gasteiger partial charge in [0.2, 0.25) is 0 Å². The van der Waals surface area contributed by atoms with Crippen LogP contribution in [0.25, 0.3) is 10.1 Å². The molecule has 0 radical (unpaired) electrons. The number of halogens is 1. The van der Waals surface area contributed by atoms with Crippen LogP contribution < -0.4 is 15.1 Å². The number of hydrogen-bond donors (Lipinski definition) is 3. The summed E-state index contributed by atoms with van der Waals surface area (Å²) in [6, 6.07) is 7.70. The highest BCUT2D eigenvalue weighted by Crippen LogP contribution is 2.33. The molecule has 0 spiro atoms. The van der Waals surface area contributed by atoms with Gasteiger partial charge in [0.1, 0.15) is 0 Å². The highest BCUT2D eigenvalue weighted by molar-refractivity contribution is 7.92. The summed E-state index contributed by atoms with van der Waals surface area (Å²) in [5.74, 6) is -0.143. The number of hydrogen-bond acceptors (Lipinski definition) is 8. The Labute approximate surface area is 206 Å². The van der Waals surface area contributed by atoms with Crippen molar-refractivity contribution in [2.45, 2.75) is 43.8 Å². The minimum absolute atomic E-state index is 0.0350. The molecule has 1 fully saturated rings. The van der Waals surface area contributed by atoms with Crippen LogP contribution in [-0.2, 0) is 14.8 Å². The van der Waals surface area contributed by atoms with E-state index in [-0.39, 0.29) is 22.0 Å². The zero-order valence-corrected chi connectivity index (χ0v) is 21.0. The average Bonchev–Trinajstić information content (AvgIpc) is 3.22. The lowest BCUT2D eigenvalue weighted by molar-refractivity contribution is -0.00483. The van der Waals surface area contributed by atoms with E-state index in [1.807, 2.05) is 18.7 Å². The summed E-state index contributed by atoms with van der Waals surface area (Å²) in [6.07, 6.45) is 3.44. The Balaban J connectivity index is 1.58. The van der Waals surface area contributed by atoms with Crippen LogP contribution in [0, 0.1) is 0 Å². The fourth-order valence-corrected chi connectivity index (χ4v) is 6.20. The first kappa shape index (κ1) is 24.7. The molecule has 0 unspecified atom stereocenters. The molecule has 0 bridgehead atoms. The van der Waals surface area contributed by atoms with Crippen molar-refractivity contribution in [1.29, 1.82) is 0 Å². The first-order valence-corrected chi connectivity index (χ1v) is 13.4. The quantitative estimate of drug-likeness (QED) is 0.312. The molecule has 1 amide bonds. The van der Waals surface area contributed by atoms with Crippen molar-refractivity contribution < 1.29 is 23.2 Å². The van der Waals surface area contributed by atoms with Crippen LogP contribution in [0.3, 0.4) is 0 Å². The van der Waals surface area contributed by atoms with Crippen molar-refractivity contribution in [2.24, 2.45) is 0 Å². The zero-order chi connectivity index (χ0) is 24.5. The fraction of sp³-hybridized carbons (Fsp3) is 0.364. The smallest absolute Gasteiger partial charge is 0.284 e. The second kappa shape index (κ2) is 10.0. The third-order valence-corrected chi connectivity index (χ3v) is 8.08.